The molecule has 1 unspecified atom stereocenters. The molecule has 29 heavy (non-hydrogen) atoms. The summed E-state index contributed by atoms with van der Waals surface area (Å²) in [6.07, 6.45) is 0. The van der Waals surface area contributed by atoms with Gasteiger partial charge in [0.2, 0.25) is 5.75 Å². The lowest BCUT2D eigenvalue weighted by Gasteiger charge is -2.26. The van der Waals surface area contributed by atoms with Crippen LogP contribution in [0.5, 0.6) is 5.75 Å². The maximum atomic E-state index is 12.2. The van der Waals surface area contributed by atoms with Crippen LogP contribution in [0.25, 0.3) is 11.1 Å². The molecule has 5 nitrogen and oxygen atoms in total. The molecule has 0 saturated carbocycles. The zero-order valence-electron chi connectivity index (χ0n) is 17.5. The Morgan fingerprint density at radius 3 is 1.79 bits per heavy atom. The predicted molar refractivity (Wildman–Crippen MR) is 114 cm³/mol. The number of quaternary nitrogens is 2. The number of aryl methyl sites for hydroxylation is 2. The van der Waals surface area contributed by atoms with Gasteiger partial charge in [-0.15, -0.1) is 0 Å². The van der Waals surface area contributed by atoms with Gasteiger partial charge in [0.05, 0.1) is 0 Å². The molecule has 1 aliphatic rings. The molecule has 0 aliphatic carbocycles. The van der Waals surface area contributed by atoms with E-state index in [1.807, 2.05) is 34.6 Å². The first-order valence-corrected chi connectivity index (χ1v) is 9.83. The Labute approximate surface area is 171 Å². The largest absolute Gasteiger partial charge is 0.556 e. The Morgan fingerprint density at radius 2 is 1.31 bits per heavy atom. The highest BCUT2D eigenvalue weighted by Crippen LogP contribution is 2.39. The molecule has 1 aliphatic heterocycles. The van der Waals surface area contributed by atoms with Crippen molar-refractivity contribution in [1.29, 1.82) is 0 Å². The minimum absolute atomic E-state index is 0.558. The summed E-state index contributed by atoms with van der Waals surface area (Å²) in [4.78, 5) is 12.1. The van der Waals surface area contributed by atoms with Crippen LogP contribution < -0.4 is 15.1 Å². The molecule has 1 atom stereocenters. The first kappa shape index (κ1) is 19.6. The van der Waals surface area contributed by atoms with E-state index >= 15 is 0 Å². The van der Waals surface area contributed by atoms with Gasteiger partial charge in [0.1, 0.15) is 22.7 Å². The van der Waals surface area contributed by atoms with E-state index in [1.54, 1.807) is 0 Å². The SMILES string of the molecule is Cc1cc([NH+]2c3ccccc3-c3ccccc32)cc(C)c1O[NH+]([O-])OC(C)(C)C. The van der Waals surface area contributed by atoms with Crippen LogP contribution >= 0.6 is 0 Å². The number of para-hydroxylation sites is 2. The summed E-state index contributed by atoms with van der Waals surface area (Å²) in [5.74, 6) is 0.558. The van der Waals surface area contributed by atoms with Gasteiger partial charge >= 0.3 is 0 Å². The lowest BCUT2D eigenvalue weighted by molar-refractivity contribution is -1.19. The Hall–Kier alpha value is -2.70. The van der Waals surface area contributed by atoms with Crippen molar-refractivity contribution in [2.45, 2.75) is 40.2 Å². The molecule has 150 valence electrons. The van der Waals surface area contributed by atoms with Crippen LogP contribution in [0, 0.1) is 19.1 Å². The lowest BCUT2D eigenvalue weighted by Crippen LogP contribution is -3.09. The van der Waals surface area contributed by atoms with Gasteiger partial charge in [0.25, 0.3) is 0 Å². The third-order valence-electron chi connectivity index (χ3n) is 5.01. The average molecular weight is 391 g/mol. The smallest absolute Gasteiger partial charge is 0.201 e. The highest BCUT2D eigenvalue weighted by atomic mass is 17.1. The fourth-order valence-corrected chi connectivity index (χ4v) is 3.94. The van der Waals surface area contributed by atoms with Crippen molar-refractivity contribution < 1.29 is 20.0 Å². The lowest BCUT2D eigenvalue weighted by atomic mass is 10.1. The summed E-state index contributed by atoms with van der Waals surface area (Å²) in [6.45, 7) is 9.39. The van der Waals surface area contributed by atoms with Crippen molar-refractivity contribution in [3.8, 4) is 16.9 Å². The van der Waals surface area contributed by atoms with E-state index in [-0.39, 0.29) is 0 Å². The molecule has 5 heteroatoms. The molecule has 0 fully saturated rings. The van der Waals surface area contributed by atoms with E-state index in [1.165, 1.54) is 27.4 Å². The quantitative estimate of drug-likeness (QED) is 0.519. The van der Waals surface area contributed by atoms with E-state index in [9.17, 15) is 5.21 Å². The van der Waals surface area contributed by atoms with Gasteiger partial charge in [-0.05, 0) is 52.1 Å². The van der Waals surface area contributed by atoms with Crippen molar-refractivity contribution in [3.05, 3.63) is 77.0 Å². The fraction of sp³-hybridized carbons (Fsp3) is 0.250. The number of fused-ring (bicyclic) bond motifs is 3. The zero-order valence-corrected chi connectivity index (χ0v) is 17.5. The molecule has 0 bridgehead atoms. The van der Waals surface area contributed by atoms with Gasteiger partial charge in [-0.3, -0.25) is 4.84 Å². The number of benzene rings is 3. The van der Waals surface area contributed by atoms with Crippen LogP contribution in [0.3, 0.4) is 0 Å². The standard InChI is InChI=1S/C24H26N2O3/c1-16-14-18(15-17(2)23(16)28-26(27)29-24(3,4)5)25-21-12-8-6-10-19(21)20-11-7-9-13-22(20)25/h6-15,26H,1-5H3/p+1. The highest BCUT2D eigenvalue weighted by Gasteiger charge is 2.33. The third-order valence-corrected chi connectivity index (χ3v) is 5.01. The first-order valence-electron chi connectivity index (χ1n) is 9.83. The molecular weight excluding hydrogens is 364 g/mol. The van der Waals surface area contributed by atoms with Crippen LogP contribution in [0.2, 0.25) is 0 Å². The molecule has 0 spiro atoms. The fourth-order valence-electron chi connectivity index (χ4n) is 3.94. The predicted octanol–water partition coefficient (Wildman–Crippen LogP) is 3.87. The maximum absolute atomic E-state index is 12.2. The van der Waals surface area contributed by atoms with Crippen molar-refractivity contribution in [3.63, 3.8) is 0 Å². The summed E-state index contributed by atoms with van der Waals surface area (Å²) in [7, 11) is 0. The van der Waals surface area contributed by atoms with Crippen molar-refractivity contribution in [2.75, 3.05) is 0 Å². The molecule has 2 N–H and O–H groups in total. The van der Waals surface area contributed by atoms with Crippen molar-refractivity contribution >= 4 is 17.1 Å². The Balaban J connectivity index is 1.72. The van der Waals surface area contributed by atoms with Crippen LogP contribution in [-0.2, 0) is 4.84 Å². The number of hydrogen-bond donors (Lipinski definition) is 2. The Bertz CT molecular complexity index is 987. The molecule has 1 heterocycles. The second-order valence-electron chi connectivity index (χ2n) is 8.47. The van der Waals surface area contributed by atoms with E-state index < -0.39 is 11.0 Å². The van der Waals surface area contributed by atoms with Gasteiger partial charge in [-0.1, -0.05) is 24.3 Å². The minimum Gasteiger partial charge on any atom is -0.556 e. The molecule has 3 aromatic carbocycles. The van der Waals surface area contributed by atoms with Gasteiger partial charge in [0, 0.05) is 46.5 Å². The molecule has 0 aromatic heterocycles. The van der Waals surface area contributed by atoms with E-state index in [0.29, 0.717) is 5.75 Å². The Kier molecular flexibility index (Phi) is 4.92. The van der Waals surface area contributed by atoms with E-state index in [0.717, 1.165) is 16.8 Å². The normalized spacial score (nSPS) is 14.4. The summed E-state index contributed by atoms with van der Waals surface area (Å²) >= 11 is 0. The summed E-state index contributed by atoms with van der Waals surface area (Å²) in [6, 6.07) is 21.1. The first-order chi connectivity index (χ1) is 13.7. The van der Waals surface area contributed by atoms with Crippen LogP contribution in [-0.4, -0.2) is 5.60 Å². The molecule has 4 rings (SSSR count). The van der Waals surface area contributed by atoms with Gasteiger partial charge in [-0.2, -0.15) is 4.84 Å². The summed E-state index contributed by atoms with van der Waals surface area (Å²) in [5.41, 5.74) is 7.30. The molecular formula is C24H27N2O3+. The average Bonchev–Trinajstić information content (AvgIpc) is 2.98. The summed E-state index contributed by atoms with van der Waals surface area (Å²) in [5, 5.41) is 11.5. The maximum Gasteiger partial charge on any atom is 0.201 e. The number of hydrogen-bond acceptors (Lipinski definition) is 3. The molecule has 3 aromatic rings. The topological polar surface area (TPSA) is 50.4 Å². The van der Waals surface area contributed by atoms with E-state index in [2.05, 4.69) is 60.7 Å². The van der Waals surface area contributed by atoms with Gasteiger partial charge in [-0.25, -0.2) is 4.90 Å². The molecule has 0 radical (unpaired) electrons. The van der Waals surface area contributed by atoms with Gasteiger partial charge in [0.15, 0.2) is 0 Å². The molecule has 0 amide bonds. The van der Waals surface area contributed by atoms with Crippen LogP contribution in [0.4, 0.5) is 17.1 Å². The van der Waals surface area contributed by atoms with Crippen LogP contribution in [0.1, 0.15) is 31.9 Å². The second kappa shape index (κ2) is 7.28. The Morgan fingerprint density at radius 1 is 0.828 bits per heavy atom. The molecule has 0 saturated heterocycles. The summed E-state index contributed by atoms with van der Waals surface area (Å²) < 4.78 is 0. The third kappa shape index (κ3) is 3.78. The monoisotopic (exact) mass is 391 g/mol. The second-order valence-corrected chi connectivity index (χ2v) is 8.47. The minimum atomic E-state index is -0.680. The van der Waals surface area contributed by atoms with Crippen molar-refractivity contribution in [2.24, 2.45) is 0 Å². The highest BCUT2D eigenvalue weighted by molar-refractivity contribution is 5.86. The van der Waals surface area contributed by atoms with Gasteiger partial charge < -0.3 is 5.21 Å². The van der Waals surface area contributed by atoms with E-state index in [4.69, 9.17) is 9.68 Å². The number of nitrogens with one attached hydrogen (secondary N) is 2. The number of rotatable bonds is 4. The zero-order chi connectivity index (χ0) is 20.8. The van der Waals surface area contributed by atoms with Crippen LogP contribution in [0.15, 0.2) is 60.7 Å². The van der Waals surface area contributed by atoms with Crippen molar-refractivity contribution in [1.82, 2.24) is 0 Å².